The molecule has 0 aromatic carbocycles. The number of hydrogen-bond acceptors (Lipinski definition) is 2. The Balaban J connectivity index is 2.44. The zero-order valence-corrected chi connectivity index (χ0v) is 9.98. The maximum absolute atomic E-state index is 5.70. The molecule has 1 rings (SSSR count). The molecule has 1 aliphatic heterocycles. The third kappa shape index (κ3) is 3.60. The molecule has 82 valence electrons. The first-order valence-corrected chi connectivity index (χ1v) is 5.92. The zero-order valence-electron chi connectivity index (χ0n) is 9.22. The monoisotopic (exact) mass is 216 g/mol. The molecule has 0 aliphatic carbocycles. The van der Waals surface area contributed by atoms with Gasteiger partial charge < -0.3 is 5.32 Å². The summed E-state index contributed by atoms with van der Waals surface area (Å²) in [5.41, 5.74) is 2.96. The van der Waals surface area contributed by atoms with Gasteiger partial charge in [-0.2, -0.15) is 0 Å². The van der Waals surface area contributed by atoms with Crippen molar-refractivity contribution in [3.63, 3.8) is 0 Å². The second-order valence-corrected chi connectivity index (χ2v) is 4.29. The minimum atomic E-state index is 0.710. The summed E-state index contributed by atoms with van der Waals surface area (Å²) in [7, 11) is 0. The van der Waals surface area contributed by atoms with Crippen molar-refractivity contribution in [1.29, 1.82) is 0 Å². The van der Waals surface area contributed by atoms with Gasteiger partial charge in [-0.05, 0) is 38.4 Å². The first-order chi connectivity index (χ1) is 6.77. The largest absolute Gasteiger partial charge is 0.315 e. The van der Waals surface area contributed by atoms with Crippen LogP contribution in [0.5, 0.6) is 0 Å². The summed E-state index contributed by atoms with van der Waals surface area (Å²) >= 11 is 5.70. The van der Waals surface area contributed by atoms with Crippen LogP contribution in [0.1, 0.15) is 26.7 Å². The second-order valence-electron chi connectivity index (χ2n) is 4.07. The number of nitrogens with one attached hydrogen (secondary N) is 1. The van der Waals surface area contributed by atoms with Gasteiger partial charge in [0.05, 0.1) is 0 Å². The van der Waals surface area contributed by atoms with Crippen molar-refractivity contribution >= 4 is 11.6 Å². The molecule has 0 aromatic rings. The smallest absolute Gasteiger partial charge is 0.0236 e. The Morgan fingerprint density at radius 1 is 1.64 bits per heavy atom. The summed E-state index contributed by atoms with van der Waals surface area (Å²) in [5, 5.41) is 3.41. The van der Waals surface area contributed by atoms with Crippen LogP contribution in [-0.2, 0) is 0 Å². The quantitative estimate of drug-likeness (QED) is 0.758. The van der Waals surface area contributed by atoms with Crippen LogP contribution in [-0.4, -0.2) is 37.1 Å². The van der Waals surface area contributed by atoms with E-state index >= 15 is 0 Å². The van der Waals surface area contributed by atoms with Gasteiger partial charge in [-0.3, -0.25) is 4.90 Å². The number of nitrogens with zero attached hydrogens (tertiary/aromatic N) is 1. The first kappa shape index (κ1) is 12.0. The van der Waals surface area contributed by atoms with E-state index in [2.05, 4.69) is 24.1 Å². The fraction of sp³-hybridized carbons (Fsp3) is 0.818. The zero-order chi connectivity index (χ0) is 10.4. The van der Waals surface area contributed by atoms with E-state index in [9.17, 15) is 0 Å². The van der Waals surface area contributed by atoms with E-state index in [0.29, 0.717) is 6.04 Å². The van der Waals surface area contributed by atoms with Crippen molar-refractivity contribution in [2.24, 2.45) is 0 Å². The lowest BCUT2D eigenvalue weighted by Crippen LogP contribution is -2.38. The molecular weight excluding hydrogens is 196 g/mol. The van der Waals surface area contributed by atoms with Crippen LogP contribution >= 0.6 is 11.6 Å². The van der Waals surface area contributed by atoms with Gasteiger partial charge in [0.25, 0.3) is 0 Å². The first-order valence-electron chi connectivity index (χ1n) is 5.48. The number of hydrogen-bond donors (Lipinski definition) is 1. The van der Waals surface area contributed by atoms with Crippen molar-refractivity contribution in [2.45, 2.75) is 32.7 Å². The van der Waals surface area contributed by atoms with E-state index in [0.717, 1.165) is 19.6 Å². The molecule has 1 saturated heterocycles. The van der Waals surface area contributed by atoms with E-state index in [1.807, 2.05) is 0 Å². The Morgan fingerprint density at radius 3 is 2.93 bits per heavy atom. The van der Waals surface area contributed by atoms with Gasteiger partial charge >= 0.3 is 0 Å². The van der Waals surface area contributed by atoms with Crippen LogP contribution in [0.4, 0.5) is 0 Å². The third-order valence-electron chi connectivity index (χ3n) is 2.70. The average Bonchev–Trinajstić information content (AvgIpc) is 2.69. The number of halogens is 1. The van der Waals surface area contributed by atoms with Gasteiger partial charge in [0.2, 0.25) is 0 Å². The summed E-state index contributed by atoms with van der Waals surface area (Å²) in [6.45, 7) is 8.81. The van der Waals surface area contributed by atoms with Crippen LogP contribution in [0.25, 0.3) is 0 Å². The molecule has 3 heteroatoms. The molecule has 0 saturated carbocycles. The molecule has 1 unspecified atom stereocenters. The molecule has 2 nitrogen and oxygen atoms in total. The normalized spacial score (nSPS) is 23.4. The average molecular weight is 217 g/mol. The topological polar surface area (TPSA) is 15.3 Å². The Bertz CT molecular complexity index is 186. The molecule has 1 fully saturated rings. The van der Waals surface area contributed by atoms with E-state index in [1.165, 1.54) is 25.0 Å². The highest BCUT2D eigenvalue weighted by Crippen LogP contribution is 2.11. The summed E-state index contributed by atoms with van der Waals surface area (Å²) < 4.78 is 0. The summed E-state index contributed by atoms with van der Waals surface area (Å²) in [5.74, 6) is 0. The fourth-order valence-electron chi connectivity index (χ4n) is 1.98. The molecule has 1 N–H and O–H groups in total. The minimum Gasteiger partial charge on any atom is -0.315 e. The van der Waals surface area contributed by atoms with Crippen molar-refractivity contribution in [2.75, 3.05) is 26.2 Å². The van der Waals surface area contributed by atoms with Crippen LogP contribution in [0.3, 0.4) is 0 Å². The maximum Gasteiger partial charge on any atom is 0.0236 e. The Labute approximate surface area is 92.3 Å². The van der Waals surface area contributed by atoms with Crippen molar-refractivity contribution in [1.82, 2.24) is 10.2 Å². The van der Waals surface area contributed by atoms with Crippen molar-refractivity contribution < 1.29 is 0 Å². The second kappa shape index (κ2) is 6.44. The van der Waals surface area contributed by atoms with E-state index in [-0.39, 0.29) is 0 Å². The van der Waals surface area contributed by atoms with E-state index in [1.54, 1.807) is 5.54 Å². The van der Waals surface area contributed by atoms with Crippen molar-refractivity contribution in [3.05, 3.63) is 11.1 Å². The molecule has 0 radical (unpaired) electrons. The van der Waals surface area contributed by atoms with Crippen LogP contribution < -0.4 is 5.32 Å². The maximum atomic E-state index is 5.70. The highest BCUT2D eigenvalue weighted by Gasteiger charge is 2.21. The molecule has 0 bridgehead atoms. The lowest BCUT2D eigenvalue weighted by Gasteiger charge is -2.28. The van der Waals surface area contributed by atoms with Gasteiger partial charge in [-0.15, -0.1) is 0 Å². The van der Waals surface area contributed by atoms with Gasteiger partial charge in [0, 0.05) is 24.7 Å². The van der Waals surface area contributed by atoms with Gasteiger partial charge in [-0.1, -0.05) is 18.5 Å². The summed E-state index contributed by atoms with van der Waals surface area (Å²) in [6.07, 6.45) is 2.49. The van der Waals surface area contributed by atoms with Crippen LogP contribution in [0.2, 0.25) is 0 Å². The Morgan fingerprint density at radius 2 is 2.43 bits per heavy atom. The van der Waals surface area contributed by atoms with Crippen LogP contribution in [0.15, 0.2) is 11.1 Å². The fourth-order valence-corrected chi connectivity index (χ4v) is 2.05. The third-order valence-corrected chi connectivity index (χ3v) is 3.07. The molecule has 1 aliphatic rings. The Hall–Kier alpha value is -0.0500. The minimum absolute atomic E-state index is 0.710. The standard InChI is InChI=1S/C11H21ClN2/c1-3-6-14(9-10(2)7-12)11-4-5-13-8-11/h7,11,13H,3-6,8-9H2,1-2H3. The predicted molar refractivity (Wildman–Crippen MR) is 62.7 cm³/mol. The molecule has 1 atom stereocenters. The van der Waals surface area contributed by atoms with Gasteiger partial charge in [-0.25, -0.2) is 0 Å². The molecule has 14 heavy (non-hydrogen) atoms. The molecule has 0 aromatic heterocycles. The summed E-state index contributed by atoms with van der Waals surface area (Å²) in [6, 6.07) is 0.710. The Kier molecular flexibility index (Phi) is 5.53. The molecule has 1 heterocycles. The molecular formula is C11H21ClN2. The number of rotatable bonds is 5. The molecule has 0 spiro atoms. The van der Waals surface area contributed by atoms with Crippen molar-refractivity contribution in [3.8, 4) is 0 Å². The highest BCUT2D eigenvalue weighted by molar-refractivity contribution is 6.25. The van der Waals surface area contributed by atoms with Crippen LogP contribution in [0, 0.1) is 0 Å². The highest BCUT2D eigenvalue weighted by atomic mass is 35.5. The lowest BCUT2D eigenvalue weighted by molar-refractivity contribution is 0.226. The van der Waals surface area contributed by atoms with Gasteiger partial charge in [0.1, 0.15) is 0 Å². The van der Waals surface area contributed by atoms with E-state index < -0.39 is 0 Å². The van der Waals surface area contributed by atoms with E-state index in [4.69, 9.17) is 11.6 Å². The molecule has 0 amide bonds. The lowest BCUT2D eigenvalue weighted by atomic mass is 10.2. The summed E-state index contributed by atoms with van der Waals surface area (Å²) in [4.78, 5) is 2.54. The van der Waals surface area contributed by atoms with Gasteiger partial charge in [0.15, 0.2) is 0 Å². The predicted octanol–water partition coefficient (Wildman–Crippen LogP) is 2.20. The SMILES string of the molecule is CCCN(CC(C)=CCl)C1CCNC1.